The molecule has 0 radical (unpaired) electrons. The molecule has 1 heteroatoms. The van der Waals surface area contributed by atoms with Crippen molar-refractivity contribution in [1.29, 1.82) is 0 Å². The van der Waals surface area contributed by atoms with E-state index >= 15 is 0 Å². The smallest absolute Gasteiger partial charge is 0.0831 e. The van der Waals surface area contributed by atoms with Crippen molar-refractivity contribution in [2.24, 2.45) is 11.3 Å². The van der Waals surface area contributed by atoms with Crippen molar-refractivity contribution in [1.82, 2.24) is 0 Å². The molecule has 0 amide bonds. The molecule has 1 aliphatic carbocycles. The van der Waals surface area contributed by atoms with Gasteiger partial charge in [0.2, 0.25) is 0 Å². The minimum absolute atomic E-state index is 0.239. The number of aliphatic hydroxyl groups is 1. The molecule has 0 aromatic heterocycles. The van der Waals surface area contributed by atoms with E-state index in [4.69, 9.17) is 0 Å². The lowest BCUT2D eigenvalue weighted by molar-refractivity contribution is 0.0538. The molecule has 2 atom stereocenters. The van der Waals surface area contributed by atoms with Crippen molar-refractivity contribution < 1.29 is 5.11 Å². The van der Waals surface area contributed by atoms with Gasteiger partial charge in [-0.3, -0.25) is 0 Å². The van der Waals surface area contributed by atoms with Gasteiger partial charge >= 0.3 is 0 Å². The molecule has 3 rings (SSSR count). The van der Waals surface area contributed by atoms with Gasteiger partial charge in [-0.05, 0) is 53.0 Å². The fourth-order valence-corrected chi connectivity index (χ4v) is 3.94. The summed E-state index contributed by atoms with van der Waals surface area (Å²) < 4.78 is 0. The second-order valence-corrected chi connectivity index (χ2v) is 6.95. The first-order valence-corrected chi connectivity index (χ1v) is 7.67. The van der Waals surface area contributed by atoms with Crippen LogP contribution in [0.1, 0.15) is 50.3 Å². The third-order valence-corrected chi connectivity index (χ3v) is 5.21. The van der Waals surface area contributed by atoms with Gasteiger partial charge in [0.25, 0.3) is 0 Å². The van der Waals surface area contributed by atoms with Crippen LogP contribution in [0.25, 0.3) is 10.8 Å². The fourth-order valence-electron chi connectivity index (χ4n) is 3.94. The van der Waals surface area contributed by atoms with Crippen LogP contribution in [-0.4, -0.2) is 5.11 Å². The van der Waals surface area contributed by atoms with Crippen LogP contribution < -0.4 is 0 Å². The summed E-state index contributed by atoms with van der Waals surface area (Å²) in [6.07, 6.45) is 3.24. The predicted octanol–water partition coefficient (Wildman–Crippen LogP) is 5.01. The van der Waals surface area contributed by atoms with E-state index in [0.717, 1.165) is 12.0 Å². The fraction of sp³-hybridized carbons (Fsp3) is 0.474. The van der Waals surface area contributed by atoms with E-state index in [9.17, 15) is 5.11 Å². The third kappa shape index (κ3) is 2.14. The highest BCUT2D eigenvalue weighted by Crippen LogP contribution is 2.49. The molecular formula is C19H24O. The van der Waals surface area contributed by atoms with Crippen LogP contribution in [0.5, 0.6) is 0 Å². The molecular weight excluding hydrogens is 244 g/mol. The van der Waals surface area contributed by atoms with Gasteiger partial charge in [-0.2, -0.15) is 0 Å². The van der Waals surface area contributed by atoms with E-state index in [1.54, 1.807) is 0 Å². The number of fused-ring (bicyclic) bond motifs is 1. The van der Waals surface area contributed by atoms with E-state index in [1.165, 1.54) is 29.2 Å². The van der Waals surface area contributed by atoms with Crippen molar-refractivity contribution in [3.63, 3.8) is 0 Å². The molecule has 20 heavy (non-hydrogen) atoms. The van der Waals surface area contributed by atoms with Gasteiger partial charge in [0.05, 0.1) is 6.10 Å². The lowest BCUT2D eigenvalue weighted by Crippen LogP contribution is -2.24. The van der Waals surface area contributed by atoms with Crippen molar-refractivity contribution in [3.05, 3.63) is 47.5 Å². The van der Waals surface area contributed by atoms with E-state index in [1.807, 2.05) is 0 Å². The lowest BCUT2D eigenvalue weighted by atomic mass is 9.75. The Hall–Kier alpha value is -1.34. The molecule has 0 spiro atoms. The molecule has 2 unspecified atom stereocenters. The van der Waals surface area contributed by atoms with E-state index < -0.39 is 0 Å². The summed E-state index contributed by atoms with van der Waals surface area (Å²) in [5.74, 6) is 0.368. The van der Waals surface area contributed by atoms with E-state index in [-0.39, 0.29) is 11.5 Å². The summed E-state index contributed by atoms with van der Waals surface area (Å²) in [6.45, 7) is 6.72. The van der Waals surface area contributed by atoms with Gasteiger partial charge in [-0.25, -0.2) is 0 Å². The Bertz CT molecular complexity index is 627. The van der Waals surface area contributed by atoms with Gasteiger partial charge in [-0.15, -0.1) is 0 Å². The zero-order valence-corrected chi connectivity index (χ0v) is 12.7. The number of hydrogen-bond acceptors (Lipinski definition) is 1. The van der Waals surface area contributed by atoms with Gasteiger partial charge in [-0.1, -0.05) is 56.7 Å². The molecule has 0 heterocycles. The largest absolute Gasteiger partial charge is 0.388 e. The maximum atomic E-state index is 11.0. The molecule has 1 fully saturated rings. The minimum Gasteiger partial charge on any atom is -0.388 e. The number of aliphatic hydroxyl groups excluding tert-OH is 1. The normalized spacial score (nSPS) is 23.1. The van der Waals surface area contributed by atoms with Crippen LogP contribution >= 0.6 is 0 Å². The SMILES string of the molecule is Cc1ccc2ccccc2c1C(O)C1CCCC1(C)C. The molecule has 0 saturated heterocycles. The van der Waals surface area contributed by atoms with Crippen LogP contribution in [0.3, 0.4) is 0 Å². The second-order valence-electron chi connectivity index (χ2n) is 6.95. The first-order chi connectivity index (χ1) is 9.50. The average Bonchev–Trinajstić information content (AvgIpc) is 2.77. The van der Waals surface area contributed by atoms with Crippen LogP contribution in [0.15, 0.2) is 36.4 Å². The average molecular weight is 268 g/mol. The number of hydrogen-bond donors (Lipinski definition) is 1. The first kappa shape index (κ1) is 13.6. The predicted molar refractivity (Wildman–Crippen MR) is 84.8 cm³/mol. The van der Waals surface area contributed by atoms with Crippen molar-refractivity contribution in [2.45, 2.75) is 46.1 Å². The minimum atomic E-state index is -0.349. The summed E-state index contributed by atoms with van der Waals surface area (Å²) in [7, 11) is 0. The Morgan fingerprint density at radius 3 is 2.60 bits per heavy atom. The quantitative estimate of drug-likeness (QED) is 0.812. The van der Waals surface area contributed by atoms with Crippen molar-refractivity contribution in [2.75, 3.05) is 0 Å². The first-order valence-electron chi connectivity index (χ1n) is 7.67. The monoisotopic (exact) mass is 268 g/mol. The Balaban J connectivity index is 2.12. The standard InChI is InChI=1S/C19H24O/c1-13-10-11-14-7-4-5-8-15(14)17(13)18(20)16-9-6-12-19(16,2)3/h4-5,7-8,10-11,16,18,20H,6,9,12H2,1-3H3. The van der Waals surface area contributed by atoms with Gasteiger partial charge in [0.15, 0.2) is 0 Å². The maximum Gasteiger partial charge on any atom is 0.0831 e. The van der Waals surface area contributed by atoms with Crippen LogP contribution in [-0.2, 0) is 0 Å². The molecule has 1 saturated carbocycles. The zero-order valence-electron chi connectivity index (χ0n) is 12.7. The number of rotatable bonds is 2. The Labute approximate surface area is 121 Å². The molecule has 1 N–H and O–H groups in total. The molecule has 0 bridgehead atoms. The Morgan fingerprint density at radius 1 is 1.15 bits per heavy atom. The summed E-state index contributed by atoms with van der Waals surface area (Å²) in [5, 5.41) is 13.5. The maximum absolute atomic E-state index is 11.0. The highest BCUT2D eigenvalue weighted by molar-refractivity contribution is 5.87. The van der Waals surface area contributed by atoms with Crippen LogP contribution in [0.2, 0.25) is 0 Å². The van der Waals surface area contributed by atoms with E-state index in [2.05, 4.69) is 57.2 Å². The van der Waals surface area contributed by atoms with E-state index in [0.29, 0.717) is 5.92 Å². The number of aryl methyl sites for hydroxylation is 1. The molecule has 0 aliphatic heterocycles. The van der Waals surface area contributed by atoms with Gasteiger partial charge in [0.1, 0.15) is 0 Å². The zero-order chi connectivity index (χ0) is 14.3. The third-order valence-electron chi connectivity index (χ3n) is 5.21. The van der Waals surface area contributed by atoms with Crippen molar-refractivity contribution >= 4 is 10.8 Å². The molecule has 2 aromatic carbocycles. The second kappa shape index (κ2) is 4.89. The topological polar surface area (TPSA) is 20.2 Å². The summed E-state index contributed by atoms with van der Waals surface area (Å²) in [5.41, 5.74) is 2.59. The Morgan fingerprint density at radius 2 is 1.90 bits per heavy atom. The highest BCUT2D eigenvalue weighted by Gasteiger charge is 2.40. The summed E-state index contributed by atoms with van der Waals surface area (Å²) in [4.78, 5) is 0. The highest BCUT2D eigenvalue weighted by atomic mass is 16.3. The summed E-state index contributed by atoms with van der Waals surface area (Å²) >= 11 is 0. The van der Waals surface area contributed by atoms with Crippen molar-refractivity contribution in [3.8, 4) is 0 Å². The molecule has 1 aliphatic rings. The molecule has 2 aromatic rings. The molecule has 106 valence electrons. The summed E-state index contributed by atoms with van der Waals surface area (Å²) in [6, 6.07) is 12.7. The lowest BCUT2D eigenvalue weighted by Gasteiger charge is -2.32. The number of benzene rings is 2. The molecule has 1 nitrogen and oxygen atoms in total. The van der Waals surface area contributed by atoms with Gasteiger partial charge in [0, 0.05) is 0 Å². The van der Waals surface area contributed by atoms with Crippen LogP contribution in [0.4, 0.5) is 0 Å². The Kier molecular flexibility index (Phi) is 3.33. The van der Waals surface area contributed by atoms with Crippen LogP contribution in [0, 0.1) is 18.3 Å². The van der Waals surface area contributed by atoms with Gasteiger partial charge < -0.3 is 5.11 Å².